The SMILES string of the molecule is NC(=O)/C(=C\c1ccccc1)Sc1ccncn1. The quantitative estimate of drug-likeness (QED) is 0.517. The Bertz CT molecular complexity index is 555. The first kappa shape index (κ1) is 12.3. The molecule has 4 nitrogen and oxygen atoms in total. The first-order valence-electron chi connectivity index (χ1n) is 5.26. The molecule has 0 fully saturated rings. The summed E-state index contributed by atoms with van der Waals surface area (Å²) in [6.45, 7) is 0. The van der Waals surface area contributed by atoms with E-state index in [0.29, 0.717) is 9.93 Å². The Hall–Kier alpha value is -2.14. The lowest BCUT2D eigenvalue weighted by Crippen LogP contribution is -2.11. The number of primary amides is 1. The van der Waals surface area contributed by atoms with E-state index in [-0.39, 0.29) is 0 Å². The summed E-state index contributed by atoms with van der Waals surface area (Å²) in [5, 5.41) is 0.686. The van der Waals surface area contributed by atoms with Crippen LogP contribution in [0.1, 0.15) is 5.56 Å². The van der Waals surface area contributed by atoms with Crippen LogP contribution in [-0.4, -0.2) is 15.9 Å². The predicted molar refractivity (Wildman–Crippen MR) is 71.5 cm³/mol. The standard InChI is InChI=1S/C13H11N3OS/c14-13(17)11(8-10-4-2-1-3-5-10)18-12-6-7-15-9-16-12/h1-9H,(H2,14,17)/b11-8+. The highest BCUT2D eigenvalue weighted by Crippen LogP contribution is 2.25. The number of hydrogen-bond acceptors (Lipinski definition) is 4. The number of carbonyl (C=O) groups is 1. The summed E-state index contributed by atoms with van der Waals surface area (Å²) in [6, 6.07) is 11.3. The normalized spacial score (nSPS) is 11.2. The van der Waals surface area contributed by atoms with E-state index in [1.54, 1.807) is 18.3 Å². The number of amides is 1. The van der Waals surface area contributed by atoms with Crippen LogP contribution in [0.25, 0.3) is 6.08 Å². The van der Waals surface area contributed by atoms with Crippen molar-refractivity contribution in [3.05, 3.63) is 59.4 Å². The van der Waals surface area contributed by atoms with Crippen molar-refractivity contribution in [2.45, 2.75) is 5.03 Å². The average Bonchev–Trinajstić information content (AvgIpc) is 2.40. The zero-order valence-corrected chi connectivity index (χ0v) is 10.3. The summed E-state index contributed by atoms with van der Waals surface area (Å²) >= 11 is 1.23. The van der Waals surface area contributed by atoms with Crippen molar-refractivity contribution in [1.82, 2.24) is 9.97 Å². The monoisotopic (exact) mass is 257 g/mol. The summed E-state index contributed by atoms with van der Waals surface area (Å²) in [6.07, 6.45) is 4.80. The van der Waals surface area contributed by atoms with E-state index in [1.165, 1.54) is 18.1 Å². The van der Waals surface area contributed by atoms with Gasteiger partial charge in [-0.3, -0.25) is 4.79 Å². The Morgan fingerprint density at radius 1 is 1.22 bits per heavy atom. The fourth-order valence-corrected chi connectivity index (χ4v) is 2.05. The molecule has 18 heavy (non-hydrogen) atoms. The van der Waals surface area contributed by atoms with Crippen LogP contribution < -0.4 is 5.73 Å². The molecule has 0 saturated heterocycles. The molecular weight excluding hydrogens is 246 g/mol. The maximum Gasteiger partial charge on any atom is 0.255 e. The van der Waals surface area contributed by atoms with Crippen LogP contribution in [0.4, 0.5) is 0 Å². The predicted octanol–water partition coefficient (Wildman–Crippen LogP) is 2.10. The zero-order valence-electron chi connectivity index (χ0n) is 9.48. The molecule has 2 N–H and O–H groups in total. The molecule has 0 unspecified atom stereocenters. The lowest BCUT2D eigenvalue weighted by Gasteiger charge is -2.02. The molecule has 2 rings (SSSR count). The second-order valence-electron chi connectivity index (χ2n) is 3.43. The van der Waals surface area contributed by atoms with Crippen LogP contribution in [0.15, 0.2) is 58.9 Å². The molecule has 0 bridgehead atoms. The van der Waals surface area contributed by atoms with E-state index in [2.05, 4.69) is 9.97 Å². The summed E-state index contributed by atoms with van der Waals surface area (Å²) in [5.41, 5.74) is 6.28. The molecule has 1 amide bonds. The molecule has 1 aromatic carbocycles. The van der Waals surface area contributed by atoms with Crippen molar-refractivity contribution in [1.29, 1.82) is 0 Å². The molecule has 0 saturated carbocycles. The zero-order chi connectivity index (χ0) is 12.8. The molecule has 1 heterocycles. The van der Waals surface area contributed by atoms with Crippen molar-refractivity contribution in [2.24, 2.45) is 5.73 Å². The van der Waals surface area contributed by atoms with Gasteiger partial charge in [-0.25, -0.2) is 9.97 Å². The van der Waals surface area contributed by atoms with Crippen LogP contribution >= 0.6 is 11.8 Å². The summed E-state index contributed by atoms with van der Waals surface area (Å²) in [5.74, 6) is -0.470. The number of carbonyl (C=O) groups excluding carboxylic acids is 1. The third kappa shape index (κ3) is 3.43. The van der Waals surface area contributed by atoms with Gasteiger partial charge in [0.2, 0.25) is 0 Å². The number of benzene rings is 1. The van der Waals surface area contributed by atoms with Gasteiger partial charge in [0.15, 0.2) is 0 Å². The van der Waals surface area contributed by atoms with E-state index in [4.69, 9.17) is 5.73 Å². The second-order valence-corrected chi connectivity index (χ2v) is 4.50. The van der Waals surface area contributed by atoms with Crippen molar-refractivity contribution in [3.63, 3.8) is 0 Å². The van der Waals surface area contributed by atoms with Gasteiger partial charge in [0.1, 0.15) is 11.4 Å². The highest BCUT2D eigenvalue weighted by Gasteiger charge is 2.08. The molecule has 0 aliphatic carbocycles. The first-order valence-corrected chi connectivity index (χ1v) is 6.08. The van der Waals surface area contributed by atoms with Crippen molar-refractivity contribution >= 4 is 23.7 Å². The van der Waals surface area contributed by atoms with Gasteiger partial charge < -0.3 is 5.73 Å². The average molecular weight is 257 g/mol. The van der Waals surface area contributed by atoms with Gasteiger partial charge in [-0.15, -0.1) is 0 Å². The molecule has 90 valence electrons. The maximum atomic E-state index is 11.4. The fraction of sp³-hybridized carbons (Fsp3) is 0. The summed E-state index contributed by atoms with van der Waals surface area (Å²) in [7, 11) is 0. The van der Waals surface area contributed by atoms with Crippen LogP contribution in [0.5, 0.6) is 0 Å². The number of aromatic nitrogens is 2. The van der Waals surface area contributed by atoms with E-state index in [0.717, 1.165) is 5.56 Å². The Labute approximate surface area is 109 Å². The summed E-state index contributed by atoms with van der Waals surface area (Å²) < 4.78 is 0. The molecule has 0 radical (unpaired) electrons. The van der Waals surface area contributed by atoms with E-state index in [9.17, 15) is 4.79 Å². The maximum absolute atomic E-state index is 11.4. The van der Waals surface area contributed by atoms with Gasteiger partial charge >= 0.3 is 0 Å². The van der Waals surface area contributed by atoms with Crippen LogP contribution in [0.2, 0.25) is 0 Å². The van der Waals surface area contributed by atoms with Crippen molar-refractivity contribution < 1.29 is 4.79 Å². The van der Waals surface area contributed by atoms with E-state index < -0.39 is 5.91 Å². The smallest absolute Gasteiger partial charge is 0.255 e. The lowest BCUT2D eigenvalue weighted by atomic mass is 10.2. The molecule has 5 heteroatoms. The van der Waals surface area contributed by atoms with E-state index in [1.807, 2.05) is 30.3 Å². The Morgan fingerprint density at radius 2 is 2.00 bits per heavy atom. The van der Waals surface area contributed by atoms with Crippen molar-refractivity contribution in [3.8, 4) is 0 Å². The van der Waals surface area contributed by atoms with Crippen molar-refractivity contribution in [2.75, 3.05) is 0 Å². The lowest BCUT2D eigenvalue weighted by molar-refractivity contribution is -0.113. The van der Waals surface area contributed by atoms with Crippen LogP contribution in [0.3, 0.4) is 0 Å². The Morgan fingerprint density at radius 3 is 2.61 bits per heavy atom. The molecule has 0 spiro atoms. The van der Waals surface area contributed by atoms with E-state index >= 15 is 0 Å². The molecule has 0 aliphatic heterocycles. The fourth-order valence-electron chi connectivity index (χ4n) is 1.30. The number of nitrogens with two attached hydrogens (primary N) is 1. The minimum atomic E-state index is -0.470. The number of nitrogens with zero attached hydrogens (tertiary/aromatic N) is 2. The summed E-state index contributed by atoms with van der Waals surface area (Å²) in [4.78, 5) is 19.7. The Balaban J connectivity index is 2.25. The topological polar surface area (TPSA) is 68.9 Å². The second kappa shape index (κ2) is 5.97. The minimum absolute atomic E-state index is 0.444. The molecule has 1 aromatic heterocycles. The molecule has 2 aromatic rings. The van der Waals surface area contributed by atoms with Gasteiger partial charge in [0, 0.05) is 6.20 Å². The largest absolute Gasteiger partial charge is 0.365 e. The third-order valence-corrected chi connectivity index (χ3v) is 3.10. The van der Waals surface area contributed by atoms with Gasteiger partial charge in [-0.1, -0.05) is 42.1 Å². The van der Waals surface area contributed by atoms with Gasteiger partial charge in [-0.05, 0) is 17.7 Å². The van der Waals surface area contributed by atoms with Crippen LogP contribution in [-0.2, 0) is 4.79 Å². The highest BCUT2D eigenvalue weighted by atomic mass is 32.2. The number of hydrogen-bond donors (Lipinski definition) is 1. The molecule has 0 atom stereocenters. The highest BCUT2D eigenvalue weighted by molar-refractivity contribution is 8.04. The first-order chi connectivity index (χ1) is 8.75. The molecule has 0 aliphatic rings. The molecular formula is C13H11N3OS. The van der Waals surface area contributed by atoms with Gasteiger partial charge in [0.25, 0.3) is 5.91 Å². The van der Waals surface area contributed by atoms with Gasteiger partial charge in [-0.2, -0.15) is 0 Å². The van der Waals surface area contributed by atoms with Crippen LogP contribution in [0, 0.1) is 0 Å². The minimum Gasteiger partial charge on any atom is -0.365 e. The Kier molecular flexibility index (Phi) is 4.09. The number of rotatable bonds is 4. The third-order valence-electron chi connectivity index (χ3n) is 2.11. The van der Waals surface area contributed by atoms with Gasteiger partial charge in [0.05, 0.1) is 4.91 Å². The number of thioether (sulfide) groups is 1.